The minimum Gasteiger partial charge on any atom is -0.494 e. The minimum absolute atomic E-state index is 0.262. The van der Waals surface area contributed by atoms with E-state index in [-0.39, 0.29) is 5.56 Å². The molecule has 0 bridgehead atoms. The van der Waals surface area contributed by atoms with E-state index in [9.17, 15) is 24.6 Å². The van der Waals surface area contributed by atoms with E-state index in [4.69, 9.17) is 25.8 Å². The average molecular weight is 596 g/mol. The first kappa shape index (κ1) is 31.0. The van der Waals surface area contributed by atoms with Crippen LogP contribution in [0, 0.1) is 0 Å². The van der Waals surface area contributed by atoms with Crippen molar-refractivity contribution in [3.8, 4) is 5.75 Å². The van der Waals surface area contributed by atoms with Crippen molar-refractivity contribution in [1.82, 2.24) is 5.32 Å². The number of aliphatic carboxylic acids is 1. The highest BCUT2D eigenvalue weighted by atomic mass is 35.5. The number of nitrogens with one attached hydrogen (secondary N) is 1. The molecule has 1 aliphatic rings. The van der Waals surface area contributed by atoms with Crippen LogP contribution in [0.25, 0.3) is 0 Å². The Morgan fingerprint density at radius 2 is 1.40 bits per heavy atom. The molecule has 0 amide bonds. The summed E-state index contributed by atoms with van der Waals surface area (Å²) in [6.07, 6.45) is -0.230. The van der Waals surface area contributed by atoms with Gasteiger partial charge >= 0.3 is 17.9 Å². The minimum atomic E-state index is -2.76. The van der Waals surface area contributed by atoms with Gasteiger partial charge in [-0.3, -0.25) is 9.59 Å². The summed E-state index contributed by atoms with van der Waals surface area (Å²) in [6.45, 7) is 4.36. The number of unbranched alkanes of at least 4 members (excludes halogenated alkanes) is 1. The second-order valence-corrected chi connectivity index (χ2v) is 10.6. The predicted octanol–water partition coefficient (Wildman–Crippen LogP) is 4.49. The molecule has 9 nitrogen and oxygen atoms in total. The van der Waals surface area contributed by atoms with Gasteiger partial charge in [0, 0.05) is 16.7 Å². The molecular weight excluding hydrogens is 562 g/mol. The lowest BCUT2D eigenvalue weighted by Gasteiger charge is -2.45. The number of alkyl halides is 1. The SMILES string of the molecule is CCNCCCCOc1ccc(C2(c3ccccc3)OC(=O)CC(O)(C(=O)O)CC(=O)OC2(Cl)c2ccccc2)cc1. The van der Waals surface area contributed by atoms with Crippen LogP contribution in [0.4, 0.5) is 0 Å². The van der Waals surface area contributed by atoms with Crippen LogP contribution >= 0.6 is 11.6 Å². The zero-order valence-corrected chi connectivity index (χ0v) is 24.0. The van der Waals surface area contributed by atoms with Crippen molar-refractivity contribution in [2.24, 2.45) is 0 Å². The first-order chi connectivity index (χ1) is 20.1. The van der Waals surface area contributed by atoms with E-state index in [0.717, 1.165) is 25.9 Å². The third-order valence-corrected chi connectivity index (χ3v) is 7.66. The number of carboxylic acids is 1. The number of hydrogen-bond donors (Lipinski definition) is 3. The van der Waals surface area contributed by atoms with Crippen LogP contribution in [0.15, 0.2) is 84.9 Å². The van der Waals surface area contributed by atoms with E-state index in [2.05, 4.69) is 12.2 Å². The van der Waals surface area contributed by atoms with Crippen molar-refractivity contribution in [1.29, 1.82) is 0 Å². The van der Waals surface area contributed by atoms with Gasteiger partial charge in [0.05, 0.1) is 19.4 Å². The van der Waals surface area contributed by atoms with Crippen LogP contribution in [-0.4, -0.2) is 53.4 Å². The Kier molecular flexibility index (Phi) is 9.88. The number of halogens is 1. The van der Waals surface area contributed by atoms with E-state index in [1.807, 2.05) is 0 Å². The quantitative estimate of drug-likeness (QED) is 0.167. The van der Waals surface area contributed by atoms with E-state index >= 15 is 0 Å². The Morgan fingerprint density at radius 1 is 0.857 bits per heavy atom. The fourth-order valence-corrected chi connectivity index (χ4v) is 5.45. The molecular formula is C32H34ClNO8. The molecule has 42 heavy (non-hydrogen) atoms. The molecule has 1 saturated heterocycles. The van der Waals surface area contributed by atoms with E-state index < -0.39 is 47.0 Å². The van der Waals surface area contributed by atoms with Crippen molar-refractivity contribution in [2.75, 3.05) is 19.7 Å². The van der Waals surface area contributed by atoms with Crippen molar-refractivity contribution >= 4 is 29.5 Å². The molecule has 1 fully saturated rings. The largest absolute Gasteiger partial charge is 0.494 e. The number of carboxylic acid groups (broad SMARTS) is 1. The molecule has 3 unspecified atom stereocenters. The smallest absolute Gasteiger partial charge is 0.336 e. The Balaban J connectivity index is 1.86. The molecule has 3 atom stereocenters. The Hall–Kier alpha value is -3.92. The molecule has 0 aliphatic carbocycles. The van der Waals surface area contributed by atoms with Gasteiger partial charge < -0.3 is 29.7 Å². The van der Waals surface area contributed by atoms with Crippen LogP contribution in [0.3, 0.4) is 0 Å². The molecule has 1 heterocycles. The van der Waals surface area contributed by atoms with Crippen LogP contribution in [0.2, 0.25) is 0 Å². The summed E-state index contributed by atoms with van der Waals surface area (Å²) in [5, 5.41) is 21.5. The average Bonchev–Trinajstić information content (AvgIpc) is 3.01. The van der Waals surface area contributed by atoms with E-state index in [0.29, 0.717) is 23.5 Å². The number of ether oxygens (including phenoxy) is 3. The van der Waals surface area contributed by atoms with Gasteiger partial charge in [-0.25, -0.2) is 4.79 Å². The molecule has 10 heteroatoms. The second-order valence-electron chi connectivity index (χ2n) is 10.1. The molecule has 0 radical (unpaired) electrons. The van der Waals surface area contributed by atoms with Crippen molar-refractivity contribution < 1.29 is 38.8 Å². The maximum absolute atomic E-state index is 13.5. The van der Waals surface area contributed by atoms with Gasteiger partial charge in [0.1, 0.15) is 5.75 Å². The Bertz CT molecular complexity index is 1370. The summed E-state index contributed by atoms with van der Waals surface area (Å²) in [6, 6.07) is 23.5. The molecule has 1 aliphatic heterocycles. The topological polar surface area (TPSA) is 131 Å². The molecule has 222 valence electrons. The number of carbonyl (C=O) groups is 3. The Labute approximate surface area is 249 Å². The van der Waals surface area contributed by atoms with Gasteiger partial charge in [-0.2, -0.15) is 0 Å². The van der Waals surface area contributed by atoms with Crippen molar-refractivity contribution in [2.45, 2.75) is 48.9 Å². The summed E-state index contributed by atoms with van der Waals surface area (Å²) in [7, 11) is 0. The van der Waals surface area contributed by atoms with E-state index in [1.54, 1.807) is 84.9 Å². The highest BCUT2D eigenvalue weighted by Crippen LogP contribution is 2.55. The molecule has 0 spiro atoms. The van der Waals surface area contributed by atoms with Crippen LogP contribution < -0.4 is 10.1 Å². The number of hydrogen-bond acceptors (Lipinski definition) is 8. The third-order valence-electron chi connectivity index (χ3n) is 7.10. The maximum Gasteiger partial charge on any atom is 0.336 e. The first-order valence-corrected chi connectivity index (χ1v) is 14.2. The zero-order chi connectivity index (χ0) is 30.2. The number of rotatable bonds is 11. The number of esters is 2. The Morgan fingerprint density at radius 3 is 1.98 bits per heavy atom. The van der Waals surface area contributed by atoms with Gasteiger partial charge in [0.2, 0.25) is 5.60 Å². The number of aliphatic hydroxyl groups is 1. The summed E-state index contributed by atoms with van der Waals surface area (Å²) >= 11 is 7.37. The molecule has 3 N–H and O–H groups in total. The van der Waals surface area contributed by atoms with Gasteiger partial charge in [-0.15, -0.1) is 0 Å². The predicted molar refractivity (Wildman–Crippen MR) is 155 cm³/mol. The highest BCUT2D eigenvalue weighted by molar-refractivity contribution is 6.25. The normalized spacial score (nSPS) is 24.5. The lowest BCUT2D eigenvalue weighted by Crippen LogP contribution is -2.52. The van der Waals surface area contributed by atoms with Crippen LogP contribution in [0.1, 0.15) is 49.3 Å². The van der Waals surface area contributed by atoms with E-state index in [1.165, 1.54) is 0 Å². The fraction of sp³-hybridized carbons (Fsp3) is 0.344. The second kappa shape index (κ2) is 13.4. The molecule has 0 saturated carbocycles. The first-order valence-electron chi connectivity index (χ1n) is 13.8. The van der Waals surface area contributed by atoms with Crippen LogP contribution in [0.5, 0.6) is 5.75 Å². The molecule has 4 rings (SSSR count). The summed E-state index contributed by atoms with van der Waals surface area (Å²) in [5.41, 5.74) is -3.84. The molecule has 3 aromatic carbocycles. The summed E-state index contributed by atoms with van der Waals surface area (Å²) < 4.78 is 18.0. The van der Waals surface area contributed by atoms with Gasteiger partial charge in [-0.1, -0.05) is 91.3 Å². The zero-order valence-electron chi connectivity index (χ0n) is 23.3. The highest BCUT2D eigenvalue weighted by Gasteiger charge is 2.62. The summed E-state index contributed by atoms with van der Waals surface area (Å²) in [4.78, 5) is 38.8. The standard InChI is InChI=1S/C32H34ClNO8/c1-2-34-19-9-10-20-40-26-17-15-24(16-18-26)31(23-11-5-3-6-12-23)32(33,25-13-7-4-8-14-25)42-28(36)22-30(39,29(37)38)21-27(35)41-31/h3-8,11-18,34,39H,2,9-10,19-22H2,1H3,(H,37,38). The van der Waals surface area contributed by atoms with Crippen LogP contribution in [-0.2, 0) is 34.5 Å². The van der Waals surface area contributed by atoms with Crippen molar-refractivity contribution in [3.05, 3.63) is 102 Å². The maximum atomic E-state index is 13.5. The number of benzene rings is 3. The molecule has 0 aromatic heterocycles. The van der Waals surface area contributed by atoms with Gasteiger partial charge in [0.15, 0.2) is 5.60 Å². The molecule has 3 aromatic rings. The number of cyclic esters (lactones) is 2. The monoisotopic (exact) mass is 595 g/mol. The number of carbonyl (C=O) groups excluding carboxylic acids is 2. The van der Waals surface area contributed by atoms with Crippen molar-refractivity contribution in [3.63, 3.8) is 0 Å². The van der Waals surface area contributed by atoms with Gasteiger partial charge in [-0.05, 0) is 38.1 Å². The van der Waals surface area contributed by atoms with Gasteiger partial charge in [0.25, 0.3) is 5.06 Å². The lowest BCUT2D eigenvalue weighted by molar-refractivity contribution is -0.189. The third kappa shape index (κ3) is 6.43. The summed E-state index contributed by atoms with van der Waals surface area (Å²) in [5.74, 6) is -3.42. The fourth-order valence-electron chi connectivity index (χ4n) is 4.98. The lowest BCUT2D eigenvalue weighted by atomic mass is 9.77.